The number of ether oxygens (including phenoxy) is 1. The molecule has 1 aromatic rings. The Hall–Kier alpha value is -1.44. The van der Waals surface area contributed by atoms with Crippen molar-refractivity contribution in [1.29, 1.82) is 0 Å². The number of aromatic nitrogens is 2. The predicted molar refractivity (Wildman–Crippen MR) is 63.7 cm³/mol. The third-order valence-corrected chi connectivity index (χ3v) is 3.22. The molecule has 1 fully saturated rings. The van der Waals surface area contributed by atoms with Crippen molar-refractivity contribution >= 4 is 5.82 Å². The molecule has 7 heteroatoms. The van der Waals surface area contributed by atoms with Crippen LogP contribution >= 0.6 is 0 Å². The summed E-state index contributed by atoms with van der Waals surface area (Å²) in [7, 11) is 0. The molecule has 1 aliphatic heterocycles. The van der Waals surface area contributed by atoms with Gasteiger partial charge in [-0.15, -0.1) is 0 Å². The van der Waals surface area contributed by atoms with Gasteiger partial charge in [0.1, 0.15) is 18.1 Å². The Bertz CT molecular complexity index is 487. The van der Waals surface area contributed by atoms with Gasteiger partial charge in [0, 0.05) is 12.1 Å². The highest BCUT2D eigenvalue weighted by molar-refractivity contribution is 5.23. The van der Waals surface area contributed by atoms with Crippen molar-refractivity contribution in [2.75, 3.05) is 5.73 Å². The van der Waals surface area contributed by atoms with Crippen LogP contribution in [0.25, 0.3) is 0 Å². The minimum absolute atomic E-state index is 0.134. The molecular weight excluding hydrogens is 238 g/mol. The van der Waals surface area contributed by atoms with Crippen LogP contribution in [0.4, 0.5) is 5.82 Å². The lowest BCUT2D eigenvalue weighted by Gasteiger charge is -2.18. The third-order valence-electron chi connectivity index (χ3n) is 3.22. The standard InChI is InChI=1S/C11H17N3O4/c1-5-8(16)9(6(2)15)18-10(5)14-4-3-7(12)13-11(14)17/h3-6,8-10,15-16H,1-2H3,(H2,12,13,17)/t5-,6+,8+,9-,10-/m1/s1. The fourth-order valence-corrected chi connectivity index (χ4v) is 2.17. The predicted octanol–water partition coefficient (Wildman–Crippen LogP) is -0.899. The highest BCUT2D eigenvalue weighted by Crippen LogP contribution is 2.34. The molecule has 1 saturated heterocycles. The maximum atomic E-state index is 11.7. The number of hydrogen-bond acceptors (Lipinski definition) is 6. The first kappa shape index (κ1) is 13.0. The monoisotopic (exact) mass is 255 g/mol. The molecule has 18 heavy (non-hydrogen) atoms. The summed E-state index contributed by atoms with van der Waals surface area (Å²) in [5.41, 5.74) is 4.87. The van der Waals surface area contributed by atoms with Gasteiger partial charge in [0.05, 0.1) is 12.2 Å². The zero-order valence-corrected chi connectivity index (χ0v) is 10.2. The van der Waals surface area contributed by atoms with Crippen LogP contribution in [0, 0.1) is 5.92 Å². The molecule has 0 aliphatic carbocycles. The number of nitrogens with zero attached hydrogens (tertiary/aromatic N) is 2. The van der Waals surface area contributed by atoms with E-state index in [2.05, 4.69) is 4.98 Å². The molecule has 1 aliphatic rings. The van der Waals surface area contributed by atoms with Crippen LogP contribution in [0.2, 0.25) is 0 Å². The van der Waals surface area contributed by atoms with E-state index in [0.717, 1.165) is 0 Å². The van der Waals surface area contributed by atoms with Gasteiger partial charge in [0.25, 0.3) is 0 Å². The van der Waals surface area contributed by atoms with Crippen LogP contribution < -0.4 is 11.4 Å². The number of anilines is 1. The van der Waals surface area contributed by atoms with E-state index in [-0.39, 0.29) is 11.7 Å². The fraction of sp³-hybridized carbons (Fsp3) is 0.636. The second-order valence-electron chi connectivity index (χ2n) is 4.62. The van der Waals surface area contributed by atoms with E-state index in [1.807, 2.05) is 0 Å². The Kier molecular flexibility index (Phi) is 3.38. The molecule has 0 saturated carbocycles. The number of aliphatic hydroxyl groups excluding tert-OH is 2. The van der Waals surface area contributed by atoms with Crippen molar-refractivity contribution in [2.45, 2.75) is 38.4 Å². The first-order chi connectivity index (χ1) is 8.41. The maximum absolute atomic E-state index is 11.7. The molecule has 0 bridgehead atoms. The van der Waals surface area contributed by atoms with E-state index in [1.54, 1.807) is 6.92 Å². The number of rotatable bonds is 2. The quantitative estimate of drug-likeness (QED) is 0.631. The lowest BCUT2D eigenvalue weighted by Crippen LogP contribution is -2.34. The van der Waals surface area contributed by atoms with E-state index < -0.39 is 30.2 Å². The normalized spacial score (nSPS) is 33.6. The molecule has 0 radical (unpaired) electrons. The Morgan fingerprint density at radius 3 is 2.78 bits per heavy atom. The zero-order valence-electron chi connectivity index (χ0n) is 10.2. The van der Waals surface area contributed by atoms with E-state index in [1.165, 1.54) is 23.8 Å². The molecule has 0 aromatic carbocycles. The van der Waals surface area contributed by atoms with Crippen LogP contribution in [-0.2, 0) is 4.74 Å². The number of aliphatic hydroxyl groups is 2. The van der Waals surface area contributed by atoms with E-state index >= 15 is 0 Å². The zero-order chi connectivity index (χ0) is 13.4. The molecule has 1 aromatic heterocycles. The van der Waals surface area contributed by atoms with Gasteiger partial charge in [-0.05, 0) is 13.0 Å². The second-order valence-corrected chi connectivity index (χ2v) is 4.62. The summed E-state index contributed by atoms with van der Waals surface area (Å²) in [6.45, 7) is 3.29. The Labute approximate surface area is 104 Å². The smallest absolute Gasteiger partial charge is 0.351 e. The minimum atomic E-state index is -0.834. The second kappa shape index (κ2) is 4.68. The molecule has 0 spiro atoms. The van der Waals surface area contributed by atoms with Crippen LogP contribution in [0.5, 0.6) is 0 Å². The molecule has 100 valence electrons. The summed E-state index contributed by atoms with van der Waals surface area (Å²) in [6.07, 6.45) is -1.54. The topological polar surface area (TPSA) is 111 Å². The summed E-state index contributed by atoms with van der Waals surface area (Å²) >= 11 is 0. The van der Waals surface area contributed by atoms with Gasteiger partial charge in [0.2, 0.25) is 0 Å². The number of hydrogen-bond donors (Lipinski definition) is 3. The van der Waals surface area contributed by atoms with E-state index in [0.29, 0.717) is 0 Å². The summed E-state index contributed by atoms with van der Waals surface area (Å²) in [5.74, 6) is -0.192. The molecule has 7 nitrogen and oxygen atoms in total. The van der Waals surface area contributed by atoms with E-state index in [9.17, 15) is 15.0 Å². The Balaban J connectivity index is 2.32. The highest BCUT2D eigenvalue weighted by atomic mass is 16.5. The first-order valence-corrected chi connectivity index (χ1v) is 5.78. The van der Waals surface area contributed by atoms with Crippen LogP contribution in [0.15, 0.2) is 17.1 Å². The summed E-state index contributed by atoms with van der Waals surface area (Å²) in [5, 5.41) is 19.5. The van der Waals surface area contributed by atoms with Gasteiger partial charge in [-0.2, -0.15) is 4.98 Å². The van der Waals surface area contributed by atoms with Crippen LogP contribution in [0.3, 0.4) is 0 Å². The fourth-order valence-electron chi connectivity index (χ4n) is 2.17. The van der Waals surface area contributed by atoms with Crippen LogP contribution in [0.1, 0.15) is 20.1 Å². The average molecular weight is 255 g/mol. The largest absolute Gasteiger partial charge is 0.391 e. The molecule has 5 atom stereocenters. The molecule has 2 heterocycles. The number of nitrogen functional groups attached to an aromatic ring is 1. The van der Waals surface area contributed by atoms with Crippen molar-refractivity contribution in [3.05, 3.63) is 22.7 Å². The molecular formula is C11H17N3O4. The summed E-state index contributed by atoms with van der Waals surface area (Å²) in [6, 6.07) is 1.49. The van der Waals surface area contributed by atoms with Crippen molar-refractivity contribution in [3.63, 3.8) is 0 Å². The summed E-state index contributed by atoms with van der Waals surface area (Å²) in [4.78, 5) is 15.3. The molecule has 2 rings (SSSR count). The van der Waals surface area contributed by atoms with Crippen molar-refractivity contribution in [1.82, 2.24) is 9.55 Å². The maximum Gasteiger partial charge on any atom is 0.351 e. The van der Waals surface area contributed by atoms with Gasteiger partial charge in [0.15, 0.2) is 0 Å². The molecule has 0 unspecified atom stereocenters. The minimum Gasteiger partial charge on any atom is -0.391 e. The highest BCUT2D eigenvalue weighted by Gasteiger charge is 2.44. The van der Waals surface area contributed by atoms with Gasteiger partial charge >= 0.3 is 5.69 Å². The average Bonchev–Trinajstić information content (AvgIpc) is 2.57. The van der Waals surface area contributed by atoms with Crippen LogP contribution in [-0.4, -0.2) is 38.1 Å². The van der Waals surface area contributed by atoms with Crippen molar-refractivity contribution in [3.8, 4) is 0 Å². The number of nitrogens with two attached hydrogens (primary N) is 1. The molecule has 4 N–H and O–H groups in total. The summed E-state index contributed by atoms with van der Waals surface area (Å²) < 4.78 is 6.81. The van der Waals surface area contributed by atoms with Gasteiger partial charge < -0.3 is 20.7 Å². The lowest BCUT2D eigenvalue weighted by atomic mass is 9.99. The third kappa shape index (κ3) is 2.12. The van der Waals surface area contributed by atoms with Crippen molar-refractivity contribution in [2.24, 2.45) is 5.92 Å². The molecule has 0 amide bonds. The van der Waals surface area contributed by atoms with Gasteiger partial charge in [-0.25, -0.2) is 4.79 Å². The SMILES string of the molecule is C[C@@H]1[C@H](O)[C@@H]([C@H](C)O)O[C@H]1n1ccc(N)nc1=O. The first-order valence-electron chi connectivity index (χ1n) is 5.78. The van der Waals surface area contributed by atoms with Crippen molar-refractivity contribution < 1.29 is 14.9 Å². The van der Waals surface area contributed by atoms with E-state index in [4.69, 9.17) is 10.5 Å². The Morgan fingerprint density at radius 2 is 2.28 bits per heavy atom. The Morgan fingerprint density at radius 1 is 1.61 bits per heavy atom. The van der Waals surface area contributed by atoms with Gasteiger partial charge in [-0.3, -0.25) is 4.57 Å². The lowest BCUT2D eigenvalue weighted by molar-refractivity contribution is -0.0778. The van der Waals surface area contributed by atoms with Gasteiger partial charge in [-0.1, -0.05) is 6.92 Å².